The highest BCUT2D eigenvalue weighted by Gasteiger charge is 2.24. The lowest BCUT2D eigenvalue weighted by atomic mass is 9.98. The smallest absolute Gasteiger partial charge is 0.0679 e. The number of alkyl halides is 1. The zero-order valence-corrected chi connectivity index (χ0v) is 9.28. The van der Waals surface area contributed by atoms with Crippen LogP contribution in [0.15, 0.2) is 0 Å². The topological polar surface area (TPSA) is 9.23 Å². The second-order valence-electron chi connectivity index (χ2n) is 3.29. The van der Waals surface area contributed by atoms with Gasteiger partial charge in [0.1, 0.15) is 0 Å². The van der Waals surface area contributed by atoms with Crippen LogP contribution < -0.4 is 0 Å². The first-order valence-electron chi connectivity index (χ1n) is 4.95. The lowest BCUT2D eigenvalue weighted by Gasteiger charge is -2.25. The number of rotatable bonds is 7. The second-order valence-corrected chi connectivity index (χ2v) is 4.09. The summed E-state index contributed by atoms with van der Waals surface area (Å²) in [4.78, 5) is -0.0977. The monoisotopic (exact) mass is 192 g/mol. The van der Waals surface area contributed by atoms with Crippen LogP contribution in [0.2, 0.25) is 0 Å². The quantitative estimate of drug-likeness (QED) is 0.560. The molecule has 0 aromatic rings. The molecule has 1 nitrogen and oxygen atoms in total. The van der Waals surface area contributed by atoms with Crippen molar-refractivity contribution in [3.8, 4) is 0 Å². The van der Waals surface area contributed by atoms with Gasteiger partial charge in [-0.1, -0.05) is 26.7 Å². The van der Waals surface area contributed by atoms with E-state index in [4.69, 9.17) is 16.3 Å². The molecule has 2 heteroatoms. The molecule has 0 radical (unpaired) electrons. The van der Waals surface area contributed by atoms with E-state index in [1.165, 1.54) is 0 Å². The van der Waals surface area contributed by atoms with Crippen LogP contribution in [0.25, 0.3) is 0 Å². The first kappa shape index (κ1) is 12.2. The van der Waals surface area contributed by atoms with Crippen LogP contribution in [0.1, 0.15) is 46.5 Å². The highest BCUT2D eigenvalue weighted by molar-refractivity contribution is 6.24. The van der Waals surface area contributed by atoms with Crippen molar-refractivity contribution in [1.82, 2.24) is 0 Å². The fourth-order valence-corrected chi connectivity index (χ4v) is 1.91. The Labute approximate surface area is 81.4 Å². The third-order valence-electron chi connectivity index (χ3n) is 1.96. The molecule has 0 saturated heterocycles. The van der Waals surface area contributed by atoms with Gasteiger partial charge in [-0.15, -0.1) is 11.6 Å². The Hall–Kier alpha value is 0.250. The summed E-state index contributed by atoms with van der Waals surface area (Å²) in [5.41, 5.74) is 0. The van der Waals surface area contributed by atoms with Crippen LogP contribution in [0, 0.1) is 0 Å². The molecule has 12 heavy (non-hydrogen) atoms. The van der Waals surface area contributed by atoms with Gasteiger partial charge in [-0.3, -0.25) is 0 Å². The molecule has 0 aromatic carbocycles. The molecule has 0 atom stereocenters. The molecule has 0 aliphatic carbocycles. The Morgan fingerprint density at radius 1 is 1.08 bits per heavy atom. The summed E-state index contributed by atoms with van der Waals surface area (Å²) in [6.07, 6.45) is 4.39. The van der Waals surface area contributed by atoms with Crippen molar-refractivity contribution >= 4 is 11.6 Å². The molecule has 0 saturated carbocycles. The van der Waals surface area contributed by atoms with Gasteiger partial charge in [-0.2, -0.15) is 0 Å². The van der Waals surface area contributed by atoms with Crippen molar-refractivity contribution in [2.75, 3.05) is 13.2 Å². The van der Waals surface area contributed by atoms with Crippen LogP contribution in [0.4, 0.5) is 0 Å². The third-order valence-corrected chi connectivity index (χ3v) is 2.45. The van der Waals surface area contributed by atoms with E-state index in [9.17, 15) is 0 Å². The van der Waals surface area contributed by atoms with Crippen LogP contribution in [0.3, 0.4) is 0 Å². The van der Waals surface area contributed by atoms with E-state index < -0.39 is 0 Å². The molecule has 0 heterocycles. The predicted molar refractivity (Wildman–Crippen MR) is 54.9 cm³/mol. The standard InChI is InChI=1S/C10H21ClO/c1-4-7-10(11,8-5-2)9-12-6-3/h4-9H2,1-3H3. The molecule has 0 fully saturated rings. The lowest BCUT2D eigenvalue weighted by Crippen LogP contribution is -2.27. The van der Waals surface area contributed by atoms with E-state index in [1.54, 1.807) is 0 Å². The summed E-state index contributed by atoms with van der Waals surface area (Å²) in [7, 11) is 0. The van der Waals surface area contributed by atoms with Crippen LogP contribution in [-0.4, -0.2) is 18.1 Å². The molecular formula is C10H21ClO. The minimum atomic E-state index is -0.0977. The number of ether oxygens (including phenoxy) is 1. The Bertz CT molecular complexity index is 98.0. The minimum absolute atomic E-state index is 0.0977. The first-order chi connectivity index (χ1) is 5.68. The Morgan fingerprint density at radius 3 is 1.92 bits per heavy atom. The third kappa shape index (κ3) is 5.00. The van der Waals surface area contributed by atoms with Crippen molar-refractivity contribution in [1.29, 1.82) is 0 Å². The van der Waals surface area contributed by atoms with E-state index in [2.05, 4.69) is 13.8 Å². The molecule has 0 unspecified atom stereocenters. The van der Waals surface area contributed by atoms with Crippen molar-refractivity contribution in [2.24, 2.45) is 0 Å². The van der Waals surface area contributed by atoms with Gasteiger partial charge in [0.2, 0.25) is 0 Å². The molecule has 0 rings (SSSR count). The van der Waals surface area contributed by atoms with E-state index >= 15 is 0 Å². The Kier molecular flexibility index (Phi) is 6.87. The normalized spacial score (nSPS) is 12.0. The van der Waals surface area contributed by atoms with Gasteiger partial charge >= 0.3 is 0 Å². The highest BCUT2D eigenvalue weighted by atomic mass is 35.5. The summed E-state index contributed by atoms with van der Waals surface area (Å²) in [5, 5.41) is 0. The number of hydrogen-bond acceptors (Lipinski definition) is 1. The fraction of sp³-hybridized carbons (Fsp3) is 1.00. The van der Waals surface area contributed by atoms with Crippen molar-refractivity contribution in [2.45, 2.75) is 51.3 Å². The average Bonchev–Trinajstić information content (AvgIpc) is 2.02. The molecule has 0 bridgehead atoms. The predicted octanol–water partition coefficient (Wildman–Crippen LogP) is 3.60. The maximum atomic E-state index is 6.39. The SMILES string of the molecule is CCCC(Cl)(CCC)COCC. The first-order valence-corrected chi connectivity index (χ1v) is 5.33. The maximum Gasteiger partial charge on any atom is 0.0679 e. The van der Waals surface area contributed by atoms with E-state index in [0.29, 0.717) is 6.61 Å². The lowest BCUT2D eigenvalue weighted by molar-refractivity contribution is 0.114. The van der Waals surface area contributed by atoms with E-state index in [-0.39, 0.29) is 4.87 Å². The molecule has 0 aromatic heterocycles. The van der Waals surface area contributed by atoms with Crippen LogP contribution in [-0.2, 0) is 4.74 Å². The van der Waals surface area contributed by atoms with Gasteiger partial charge < -0.3 is 4.74 Å². The van der Waals surface area contributed by atoms with Crippen LogP contribution in [0.5, 0.6) is 0 Å². The molecule has 74 valence electrons. The molecule has 0 N–H and O–H groups in total. The molecule has 0 amide bonds. The summed E-state index contributed by atoms with van der Waals surface area (Å²) in [6, 6.07) is 0. The maximum absolute atomic E-state index is 6.39. The van der Waals surface area contributed by atoms with Gasteiger partial charge in [-0.25, -0.2) is 0 Å². The molecule has 0 aliphatic rings. The van der Waals surface area contributed by atoms with Gasteiger partial charge in [0.25, 0.3) is 0 Å². The van der Waals surface area contributed by atoms with E-state index in [1.807, 2.05) is 6.92 Å². The summed E-state index contributed by atoms with van der Waals surface area (Å²) in [6.45, 7) is 7.81. The van der Waals surface area contributed by atoms with Gasteiger partial charge in [0.15, 0.2) is 0 Å². The van der Waals surface area contributed by atoms with Gasteiger partial charge in [0, 0.05) is 6.61 Å². The molecule has 0 spiro atoms. The number of hydrogen-bond donors (Lipinski definition) is 0. The van der Waals surface area contributed by atoms with E-state index in [0.717, 1.165) is 32.3 Å². The Morgan fingerprint density at radius 2 is 1.58 bits per heavy atom. The van der Waals surface area contributed by atoms with Gasteiger partial charge in [0.05, 0.1) is 11.5 Å². The minimum Gasteiger partial charge on any atom is -0.380 e. The highest BCUT2D eigenvalue weighted by Crippen LogP contribution is 2.27. The summed E-state index contributed by atoms with van der Waals surface area (Å²) in [5.74, 6) is 0. The Balaban J connectivity index is 3.80. The molecular weight excluding hydrogens is 172 g/mol. The fourth-order valence-electron chi connectivity index (χ4n) is 1.45. The van der Waals surface area contributed by atoms with Crippen molar-refractivity contribution < 1.29 is 4.74 Å². The average molecular weight is 193 g/mol. The second kappa shape index (κ2) is 6.73. The zero-order chi connectivity index (χ0) is 9.45. The van der Waals surface area contributed by atoms with Crippen LogP contribution >= 0.6 is 11.6 Å². The molecule has 0 aliphatic heterocycles. The van der Waals surface area contributed by atoms with Crippen molar-refractivity contribution in [3.63, 3.8) is 0 Å². The van der Waals surface area contributed by atoms with Gasteiger partial charge in [-0.05, 0) is 19.8 Å². The summed E-state index contributed by atoms with van der Waals surface area (Å²) >= 11 is 6.39. The van der Waals surface area contributed by atoms with Crippen molar-refractivity contribution in [3.05, 3.63) is 0 Å². The number of halogens is 1. The summed E-state index contributed by atoms with van der Waals surface area (Å²) < 4.78 is 5.37. The zero-order valence-electron chi connectivity index (χ0n) is 8.53. The largest absolute Gasteiger partial charge is 0.380 e.